The van der Waals surface area contributed by atoms with Crippen molar-refractivity contribution in [1.82, 2.24) is 4.98 Å². The molecule has 1 aromatic rings. The summed E-state index contributed by atoms with van der Waals surface area (Å²) >= 11 is 3.33. The minimum Gasteiger partial charge on any atom is -0.322 e. The normalized spacial score (nSPS) is 13.4. The average Bonchev–Trinajstić information content (AvgIpc) is 2.04. The van der Waals surface area contributed by atoms with Crippen molar-refractivity contribution in [1.29, 1.82) is 0 Å². The minimum atomic E-state index is 0.0399. The van der Waals surface area contributed by atoms with Crippen LogP contribution in [0, 0.1) is 5.92 Å². The maximum Gasteiger partial charge on any atom is 0.0574 e. The third-order valence-electron chi connectivity index (χ3n) is 1.81. The highest BCUT2D eigenvalue weighted by Gasteiger charge is 2.10. The molecule has 1 atom stereocenters. The van der Waals surface area contributed by atoms with E-state index in [0.29, 0.717) is 5.92 Å². The highest BCUT2D eigenvalue weighted by molar-refractivity contribution is 9.10. The Morgan fingerprint density at radius 1 is 1.42 bits per heavy atom. The van der Waals surface area contributed by atoms with Crippen molar-refractivity contribution in [3.63, 3.8) is 0 Å². The number of halogens is 1. The number of hydrogen-bond donors (Lipinski definition) is 1. The van der Waals surface area contributed by atoms with Gasteiger partial charge in [-0.15, -0.1) is 0 Å². The molecule has 2 nitrogen and oxygen atoms in total. The second kappa shape index (κ2) is 4.01. The summed E-state index contributed by atoms with van der Waals surface area (Å²) in [5.41, 5.74) is 6.86. The molecular weight excluding hydrogens is 216 g/mol. The van der Waals surface area contributed by atoms with Gasteiger partial charge in [-0.05, 0) is 34.0 Å². The van der Waals surface area contributed by atoms with E-state index in [1.807, 2.05) is 12.1 Å². The van der Waals surface area contributed by atoms with Gasteiger partial charge in [-0.2, -0.15) is 0 Å². The van der Waals surface area contributed by atoms with Crippen molar-refractivity contribution in [2.24, 2.45) is 11.7 Å². The van der Waals surface area contributed by atoms with E-state index in [4.69, 9.17) is 5.73 Å². The molecule has 0 bridgehead atoms. The summed E-state index contributed by atoms with van der Waals surface area (Å²) in [6.45, 7) is 4.18. The Labute approximate surface area is 81.3 Å². The van der Waals surface area contributed by atoms with Gasteiger partial charge in [0, 0.05) is 16.7 Å². The maximum absolute atomic E-state index is 5.91. The Balaban J connectivity index is 2.82. The van der Waals surface area contributed by atoms with Crippen LogP contribution in [-0.2, 0) is 0 Å². The molecule has 0 amide bonds. The average molecular weight is 229 g/mol. The molecule has 0 aromatic carbocycles. The fourth-order valence-corrected chi connectivity index (χ4v) is 1.16. The van der Waals surface area contributed by atoms with Crippen LogP contribution in [-0.4, -0.2) is 4.98 Å². The predicted molar refractivity (Wildman–Crippen MR) is 53.7 cm³/mol. The first kappa shape index (κ1) is 9.68. The Morgan fingerprint density at radius 3 is 2.50 bits per heavy atom. The quantitative estimate of drug-likeness (QED) is 0.846. The Kier molecular flexibility index (Phi) is 3.23. The zero-order valence-electron chi connectivity index (χ0n) is 7.29. The van der Waals surface area contributed by atoms with Crippen LogP contribution in [0.1, 0.15) is 25.6 Å². The van der Waals surface area contributed by atoms with E-state index >= 15 is 0 Å². The Morgan fingerprint density at radius 2 is 2.08 bits per heavy atom. The molecule has 0 aliphatic rings. The van der Waals surface area contributed by atoms with Gasteiger partial charge in [-0.1, -0.05) is 13.8 Å². The molecule has 1 heterocycles. The molecule has 0 aliphatic heterocycles. The van der Waals surface area contributed by atoms with Crippen molar-refractivity contribution < 1.29 is 0 Å². The van der Waals surface area contributed by atoms with E-state index in [1.54, 1.807) is 6.20 Å². The van der Waals surface area contributed by atoms with Crippen molar-refractivity contribution in [2.75, 3.05) is 0 Å². The van der Waals surface area contributed by atoms with E-state index in [9.17, 15) is 0 Å². The van der Waals surface area contributed by atoms with Crippen LogP contribution in [0.3, 0.4) is 0 Å². The molecule has 3 heteroatoms. The van der Waals surface area contributed by atoms with E-state index in [0.717, 1.165) is 10.2 Å². The molecule has 1 rings (SSSR count). The number of pyridine rings is 1. The number of rotatable bonds is 2. The molecule has 0 fully saturated rings. The van der Waals surface area contributed by atoms with E-state index in [2.05, 4.69) is 34.8 Å². The van der Waals surface area contributed by atoms with Gasteiger partial charge < -0.3 is 5.73 Å². The smallest absolute Gasteiger partial charge is 0.0574 e. The van der Waals surface area contributed by atoms with Gasteiger partial charge >= 0.3 is 0 Å². The summed E-state index contributed by atoms with van der Waals surface area (Å²) in [5, 5.41) is 0. The molecule has 1 aromatic heterocycles. The zero-order valence-corrected chi connectivity index (χ0v) is 8.88. The van der Waals surface area contributed by atoms with Crippen LogP contribution in [0.4, 0.5) is 0 Å². The molecule has 0 saturated carbocycles. The first-order chi connectivity index (χ1) is 5.61. The SMILES string of the molecule is CC(C)[C@@H](N)c1ccc(Br)cn1. The molecule has 66 valence electrons. The molecule has 0 spiro atoms. The van der Waals surface area contributed by atoms with Crippen LogP contribution < -0.4 is 5.73 Å². The second-order valence-corrected chi connectivity index (χ2v) is 4.09. The van der Waals surface area contributed by atoms with E-state index in [1.165, 1.54) is 0 Å². The highest BCUT2D eigenvalue weighted by Crippen LogP contribution is 2.17. The number of nitrogens with two attached hydrogens (primary N) is 1. The standard InChI is InChI=1S/C9H13BrN2/c1-6(2)9(11)8-4-3-7(10)5-12-8/h3-6,9H,11H2,1-2H3/t9-/m1/s1. The summed E-state index contributed by atoms with van der Waals surface area (Å²) in [4.78, 5) is 4.23. The summed E-state index contributed by atoms with van der Waals surface area (Å²) in [6.07, 6.45) is 1.78. The lowest BCUT2D eigenvalue weighted by Gasteiger charge is -2.14. The molecular formula is C9H13BrN2. The van der Waals surface area contributed by atoms with Gasteiger partial charge in [0.25, 0.3) is 0 Å². The lowest BCUT2D eigenvalue weighted by Crippen LogP contribution is -2.17. The van der Waals surface area contributed by atoms with E-state index < -0.39 is 0 Å². The van der Waals surface area contributed by atoms with E-state index in [-0.39, 0.29) is 6.04 Å². The van der Waals surface area contributed by atoms with Crippen LogP contribution in [0.25, 0.3) is 0 Å². The fraction of sp³-hybridized carbons (Fsp3) is 0.444. The first-order valence-corrected chi connectivity index (χ1v) is 4.77. The minimum absolute atomic E-state index is 0.0399. The van der Waals surface area contributed by atoms with Gasteiger partial charge in [-0.25, -0.2) is 0 Å². The lowest BCUT2D eigenvalue weighted by atomic mass is 10.0. The van der Waals surface area contributed by atoms with Crippen molar-refractivity contribution in [3.05, 3.63) is 28.5 Å². The molecule has 0 radical (unpaired) electrons. The maximum atomic E-state index is 5.91. The van der Waals surface area contributed by atoms with Gasteiger partial charge in [0.2, 0.25) is 0 Å². The van der Waals surface area contributed by atoms with Crippen LogP contribution in [0.15, 0.2) is 22.8 Å². The van der Waals surface area contributed by atoms with Crippen LogP contribution in [0.5, 0.6) is 0 Å². The number of nitrogens with zero attached hydrogens (tertiary/aromatic N) is 1. The summed E-state index contributed by atoms with van der Waals surface area (Å²) in [6, 6.07) is 3.96. The third-order valence-corrected chi connectivity index (χ3v) is 2.28. The van der Waals surface area contributed by atoms with Crippen LogP contribution in [0.2, 0.25) is 0 Å². The molecule has 0 unspecified atom stereocenters. The van der Waals surface area contributed by atoms with Crippen molar-refractivity contribution in [3.8, 4) is 0 Å². The molecule has 0 aliphatic carbocycles. The zero-order chi connectivity index (χ0) is 9.14. The van der Waals surface area contributed by atoms with Crippen molar-refractivity contribution in [2.45, 2.75) is 19.9 Å². The Hall–Kier alpha value is -0.410. The van der Waals surface area contributed by atoms with Gasteiger partial charge in [0.15, 0.2) is 0 Å². The predicted octanol–water partition coefficient (Wildman–Crippen LogP) is 2.50. The van der Waals surface area contributed by atoms with Gasteiger partial charge in [0.05, 0.1) is 5.69 Å². The highest BCUT2D eigenvalue weighted by atomic mass is 79.9. The van der Waals surface area contributed by atoms with Crippen LogP contribution >= 0.6 is 15.9 Å². The fourth-order valence-electron chi connectivity index (χ4n) is 0.926. The summed E-state index contributed by atoms with van der Waals surface area (Å²) in [7, 11) is 0. The number of hydrogen-bond acceptors (Lipinski definition) is 2. The molecule has 12 heavy (non-hydrogen) atoms. The Bertz CT molecular complexity index is 243. The van der Waals surface area contributed by atoms with Gasteiger partial charge in [-0.3, -0.25) is 4.98 Å². The van der Waals surface area contributed by atoms with Gasteiger partial charge in [0.1, 0.15) is 0 Å². The second-order valence-electron chi connectivity index (χ2n) is 3.17. The lowest BCUT2D eigenvalue weighted by molar-refractivity contribution is 0.503. The topological polar surface area (TPSA) is 38.9 Å². The largest absolute Gasteiger partial charge is 0.322 e. The van der Waals surface area contributed by atoms with Crippen molar-refractivity contribution >= 4 is 15.9 Å². The number of aromatic nitrogens is 1. The summed E-state index contributed by atoms with van der Waals surface area (Å²) < 4.78 is 0.988. The molecule has 2 N–H and O–H groups in total. The first-order valence-electron chi connectivity index (χ1n) is 3.98. The third kappa shape index (κ3) is 2.29. The monoisotopic (exact) mass is 228 g/mol. The summed E-state index contributed by atoms with van der Waals surface area (Å²) in [5.74, 6) is 0.429. The molecule has 0 saturated heterocycles.